The highest BCUT2D eigenvalue weighted by molar-refractivity contribution is 4.93. The van der Waals surface area contributed by atoms with Crippen molar-refractivity contribution in [2.75, 3.05) is 26.3 Å². The molecule has 0 aliphatic carbocycles. The largest absolute Gasteiger partial charge is 0.323 e. The van der Waals surface area contributed by atoms with Crippen LogP contribution in [0.1, 0.15) is 86.0 Å². The smallest absolute Gasteiger partial charge is 0.0510 e. The zero-order chi connectivity index (χ0) is 17.3. The van der Waals surface area contributed by atoms with Gasteiger partial charge >= 0.3 is 0 Å². The number of rotatable bonds is 11. The molecule has 2 N–H and O–H groups in total. The molecule has 0 spiro atoms. The molecule has 0 radical (unpaired) electrons. The molecule has 1 aliphatic rings. The van der Waals surface area contributed by atoms with E-state index in [1.807, 2.05) is 0 Å². The third kappa shape index (κ3) is 7.53. The Bertz CT molecular complexity index is 303. The Kier molecular flexibility index (Phi) is 9.72. The summed E-state index contributed by atoms with van der Waals surface area (Å²) in [6.07, 6.45) is 10.5. The number of hydrogen-bond donors (Lipinski definition) is 1. The van der Waals surface area contributed by atoms with Gasteiger partial charge in [0.05, 0.1) is 6.67 Å². The van der Waals surface area contributed by atoms with Gasteiger partial charge in [-0.25, -0.2) is 0 Å². The molecule has 0 aromatic heterocycles. The topological polar surface area (TPSA) is 32.5 Å². The van der Waals surface area contributed by atoms with Gasteiger partial charge in [-0.15, -0.1) is 0 Å². The van der Waals surface area contributed by atoms with Crippen molar-refractivity contribution >= 4 is 0 Å². The van der Waals surface area contributed by atoms with Gasteiger partial charge in [-0.2, -0.15) is 0 Å². The van der Waals surface area contributed by atoms with E-state index in [0.29, 0.717) is 6.04 Å². The van der Waals surface area contributed by atoms with Crippen LogP contribution in [0, 0.1) is 5.92 Å². The first kappa shape index (κ1) is 20.9. The van der Waals surface area contributed by atoms with Gasteiger partial charge in [-0.05, 0) is 32.1 Å². The zero-order valence-electron chi connectivity index (χ0n) is 16.6. The van der Waals surface area contributed by atoms with E-state index in [1.54, 1.807) is 0 Å². The zero-order valence-corrected chi connectivity index (χ0v) is 16.6. The second kappa shape index (κ2) is 10.7. The number of nitrogens with zero attached hydrogens (tertiary/aromatic N) is 2. The summed E-state index contributed by atoms with van der Waals surface area (Å²) in [6.45, 7) is 16.0. The highest BCUT2D eigenvalue weighted by Gasteiger charge is 2.34. The quantitative estimate of drug-likeness (QED) is 0.608. The first-order valence-electron chi connectivity index (χ1n) is 10.2. The predicted octanol–water partition coefficient (Wildman–Crippen LogP) is 4.46. The molecule has 0 aromatic carbocycles. The van der Waals surface area contributed by atoms with Crippen LogP contribution < -0.4 is 5.73 Å². The van der Waals surface area contributed by atoms with Gasteiger partial charge in [0.1, 0.15) is 0 Å². The normalized spacial score (nSPS) is 26.3. The van der Waals surface area contributed by atoms with Crippen LogP contribution in [0.5, 0.6) is 0 Å². The van der Waals surface area contributed by atoms with Crippen molar-refractivity contribution < 1.29 is 0 Å². The Morgan fingerprint density at radius 1 is 0.957 bits per heavy atom. The van der Waals surface area contributed by atoms with Gasteiger partial charge in [0, 0.05) is 31.2 Å². The van der Waals surface area contributed by atoms with Crippen molar-refractivity contribution in [1.82, 2.24) is 9.80 Å². The van der Waals surface area contributed by atoms with Gasteiger partial charge in [0.2, 0.25) is 0 Å². The van der Waals surface area contributed by atoms with Crippen LogP contribution in [0.25, 0.3) is 0 Å². The highest BCUT2D eigenvalue weighted by atomic mass is 15.4. The van der Waals surface area contributed by atoms with Gasteiger partial charge in [0.15, 0.2) is 0 Å². The third-order valence-electron chi connectivity index (χ3n) is 5.47. The lowest BCUT2D eigenvalue weighted by atomic mass is 9.94. The molecule has 1 rings (SSSR count). The van der Waals surface area contributed by atoms with Crippen molar-refractivity contribution in [3.63, 3.8) is 0 Å². The number of unbranched alkanes of at least 4 members (excludes halogenated alkanes) is 2. The lowest BCUT2D eigenvalue weighted by Crippen LogP contribution is -2.64. The summed E-state index contributed by atoms with van der Waals surface area (Å²) in [5.41, 5.74) is 6.55. The predicted molar refractivity (Wildman–Crippen MR) is 103 cm³/mol. The molecule has 3 nitrogen and oxygen atoms in total. The van der Waals surface area contributed by atoms with Crippen LogP contribution in [-0.2, 0) is 0 Å². The van der Waals surface area contributed by atoms with Crippen molar-refractivity contribution in [2.24, 2.45) is 11.7 Å². The Morgan fingerprint density at radius 3 is 2.17 bits per heavy atom. The van der Waals surface area contributed by atoms with E-state index in [2.05, 4.69) is 44.4 Å². The van der Waals surface area contributed by atoms with Crippen LogP contribution in [0.3, 0.4) is 0 Å². The number of hydrogen-bond acceptors (Lipinski definition) is 3. The summed E-state index contributed by atoms with van der Waals surface area (Å²) in [5.74, 6) is 0.835. The first-order chi connectivity index (χ1) is 11.0. The van der Waals surface area contributed by atoms with Gasteiger partial charge in [-0.3, -0.25) is 9.80 Å². The molecule has 0 saturated carbocycles. The fourth-order valence-corrected chi connectivity index (χ4v) is 4.12. The minimum atomic E-state index is -0.0685. The first-order valence-corrected chi connectivity index (χ1v) is 10.2. The van der Waals surface area contributed by atoms with E-state index in [0.717, 1.165) is 25.7 Å². The summed E-state index contributed by atoms with van der Waals surface area (Å²) in [7, 11) is 0. The van der Waals surface area contributed by atoms with Gasteiger partial charge in [-0.1, -0.05) is 59.8 Å². The molecule has 3 heteroatoms. The molecule has 1 aliphatic heterocycles. The maximum atomic E-state index is 6.61. The lowest BCUT2D eigenvalue weighted by molar-refractivity contribution is -0.00109. The van der Waals surface area contributed by atoms with Crippen LogP contribution in [0.2, 0.25) is 0 Å². The maximum absolute atomic E-state index is 6.61. The average molecular weight is 326 g/mol. The summed E-state index contributed by atoms with van der Waals surface area (Å²) in [4.78, 5) is 5.31. The maximum Gasteiger partial charge on any atom is 0.0510 e. The molecule has 0 aromatic rings. The molecule has 1 fully saturated rings. The van der Waals surface area contributed by atoms with E-state index in [4.69, 9.17) is 5.73 Å². The molecule has 3 unspecified atom stereocenters. The highest BCUT2D eigenvalue weighted by Crippen LogP contribution is 2.23. The molecule has 3 atom stereocenters. The third-order valence-corrected chi connectivity index (χ3v) is 5.47. The molecular formula is C20H43N3. The van der Waals surface area contributed by atoms with E-state index in [-0.39, 0.29) is 5.54 Å². The number of nitrogens with two attached hydrogens (primary N) is 1. The van der Waals surface area contributed by atoms with E-state index in [1.165, 1.54) is 57.9 Å². The molecule has 1 heterocycles. The SMILES string of the molecule is CCCCC(CC)CN1CN(C(CC)CCCC)CC(C)(N)C1. The van der Waals surface area contributed by atoms with Crippen molar-refractivity contribution in [1.29, 1.82) is 0 Å². The lowest BCUT2D eigenvalue weighted by Gasteiger charge is -2.48. The fraction of sp³-hybridized carbons (Fsp3) is 1.00. The van der Waals surface area contributed by atoms with Crippen molar-refractivity contribution in [2.45, 2.75) is 97.6 Å². The molecule has 0 bridgehead atoms. The standard InChI is InChI=1S/C20H43N3/c1-6-10-12-18(8-3)14-22-15-20(5,21)16-23(17-22)19(9-4)13-11-7-2/h18-19H,6-17,21H2,1-5H3. The summed E-state index contributed by atoms with van der Waals surface area (Å²) >= 11 is 0. The second-order valence-corrected chi connectivity index (χ2v) is 8.17. The molecule has 1 saturated heterocycles. The van der Waals surface area contributed by atoms with Crippen LogP contribution in [0.15, 0.2) is 0 Å². The Labute approximate surface area is 146 Å². The van der Waals surface area contributed by atoms with Crippen molar-refractivity contribution in [3.8, 4) is 0 Å². The Morgan fingerprint density at radius 2 is 1.61 bits per heavy atom. The Balaban J connectivity index is 2.65. The van der Waals surface area contributed by atoms with E-state index in [9.17, 15) is 0 Å². The minimum absolute atomic E-state index is 0.0685. The molecule has 23 heavy (non-hydrogen) atoms. The van der Waals surface area contributed by atoms with Crippen LogP contribution in [0.4, 0.5) is 0 Å². The van der Waals surface area contributed by atoms with Crippen LogP contribution >= 0.6 is 0 Å². The summed E-state index contributed by atoms with van der Waals surface area (Å²) < 4.78 is 0. The summed E-state index contributed by atoms with van der Waals surface area (Å²) in [5, 5.41) is 0. The summed E-state index contributed by atoms with van der Waals surface area (Å²) in [6, 6.07) is 0.705. The van der Waals surface area contributed by atoms with E-state index >= 15 is 0 Å². The minimum Gasteiger partial charge on any atom is -0.323 e. The molecule has 0 amide bonds. The second-order valence-electron chi connectivity index (χ2n) is 8.17. The molecule has 138 valence electrons. The monoisotopic (exact) mass is 325 g/mol. The van der Waals surface area contributed by atoms with Crippen LogP contribution in [-0.4, -0.2) is 47.7 Å². The molecular weight excluding hydrogens is 282 g/mol. The fourth-order valence-electron chi connectivity index (χ4n) is 4.12. The Hall–Kier alpha value is -0.120. The van der Waals surface area contributed by atoms with Crippen molar-refractivity contribution in [3.05, 3.63) is 0 Å². The average Bonchev–Trinajstić information content (AvgIpc) is 2.50. The van der Waals surface area contributed by atoms with E-state index < -0.39 is 0 Å². The van der Waals surface area contributed by atoms with Gasteiger partial charge in [0.25, 0.3) is 0 Å². The van der Waals surface area contributed by atoms with Gasteiger partial charge < -0.3 is 5.73 Å².